The van der Waals surface area contributed by atoms with Crippen molar-refractivity contribution in [1.29, 1.82) is 0 Å². The Morgan fingerprint density at radius 2 is 1.45 bits per heavy atom. The first-order valence-corrected chi connectivity index (χ1v) is 13.2. The molecule has 6 aromatic rings. The van der Waals surface area contributed by atoms with E-state index in [0.29, 0.717) is 40.2 Å². The van der Waals surface area contributed by atoms with E-state index in [0.717, 1.165) is 38.7 Å². The third kappa shape index (κ3) is 4.34. The van der Waals surface area contributed by atoms with Crippen LogP contribution in [0.25, 0.3) is 50.0 Å². The molecule has 1 N–H and O–H groups in total. The maximum atomic E-state index is 10.4. The highest BCUT2D eigenvalue weighted by atomic mass is 35.5. The van der Waals surface area contributed by atoms with Gasteiger partial charge < -0.3 is 19.3 Å². The van der Waals surface area contributed by atoms with Crippen LogP contribution in [0.5, 0.6) is 23.0 Å². The second-order valence-corrected chi connectivity index (χ2v) is 9.57. The number of methoxy groups -OCH3 is 2. The first-order valence-electron chi connectivity index (χ1n) is 12.8. The van der Waals surface area contributed by atoms with Gasteiger partial charge in [0.25, 0.3) is 0 Å². The quantitative estimate of drug-likeness (QED) is 0.219. The molecule has 40 heavy (non-hydrogen) atoms. The number of rotatable bonds is 7. The van der Waals surface area contributed by atoms with E-state index in [4.69, 9.17) is 35.9 Å². The van der Waals surface area contributed by atoms with Gasteiger partial charge in [0.05, 0.1) is 37.6 Å². The molecule has 0 saturated heterocycles. The molecule has 0 unspecified atom stereocenters. The van der Waals surface area contributed by atoms with Crippen LogP contribution in [-0.2, 0) is 0 Å². The van der Waals surface area contributed by atoms with Crippen LogP contribution in [-0.4, -0.2) is 40.7 Å². The monoisotopic (exact) mass is 551 g/mol. The van der Waals surface area contributed by atoms with Crippen molar-refractivity contribution in [3.63, 3.8) is 0 Å². The zero-order valence-corrected chi connectivity index (χ0v) is 22.9. The number of para-hydroxylation sites is 1. The Labute approximate surface area is 236 Å². The highest BCUT2D eigenvalue weighted by Crippen LogP contribution is 2.44. The maximum Gasteiger partial charge on any atom is 0.164 e. The highest BCUT2D eigenvalue weighted by Gasteiger charge is 2.23. The van der Waals surface area contributed by atoms with E-state index in [1.807, 2.05) is 84.4 Å². The number of halogens is 1. The molecule has 2 aromatic heterocycles. The molecule has 0 saturated carbocycles. The van der Waals surface area contributed by atoms with Gasteiger partial charge in [-0.15, -0.1) is 0 Å². The number of phenols is 1. The number of fused-ring (bicyclic) bond motifs is 3. The zero-order chi connectivity index (χ0) is 27.8. The molecule has 0 aliphatic heterocycles. The molecule has 8 heteroatoms. The van der Waals surface area contributed by atoms with Crippen molar-refractivity contribution in [2.75, 3.05) is 20.8 Å². The van der Waals surface area contributed by atoms with Gasteiger partial charge in [0.15, 0.2) is 28.6 Å². The summed E-state index contributed by atoms with van der Waals surface area (Å²) in [5, 5.41) is 18.7. The zero-order valence-electron chi connectivity index (χ0n) is 22.2. The summed E-state index contributed by atoms with van der Waals surface area (Å²) in [7, 11) is 3.22. The van der Waals surface area contributed by atoms with Gasteiger partial charge in [0, 0.05) is 26.9 Å². The number of aromatic nitrogens is 3. The molecule has 0 bridgehead atoms. The Morgan fingerprint density at radius 1 is 0.775 bits per heavy atom. The predicted molar refractivity (Wildman–Crippen MR) is 158 cm³/mol. The van der Waals surface area contributed by atoms with E-state index < -0.39 is 0 Å². The fraction of sp³-hybridized carbons (Fsp3) is 0.125. The van der Waals surface area contributed by atoms with Crippen LogP contribution in [0.1, 0.15) is 6.92 Å². The number of hydrogen-bond acceptors (Lipinski definition) is 6. The summed E-state index contributed by atoms with van der Waals surface area (Å²) in [5.74, 6) is 1.61. The van der Waals surface area contributed by atoms with Crippen molar-refractivity contribution in [2.24, 2.45) is 0 Å². The summed E-state index contributed by atoms with van der Waals surface area (Å²) in [6, 6.07) is 26.6. The number of ether oxygens (including phenoxy) is 3. The average Bonchev–Trinajstić information content (AvgIpc) is 3.38. The highest BCUT2D eigenvalue weighted by molar-refractivity contribution is 6.30. The molecule has 7 nitrogen and oxygen atoms in total. The normalized spacial score (nSPS) is 11.2. The van der Waals surface area contributed by atoms with Gasteiger partial charge >= 0.3 is 0 Å². The van der Waals surface area contributed by atoms with Gasteiger partial charge in [0.2, 0.25) is 0 Å². The van der Waals surface area contributed by atoms with Gasteiger partial charge in [-0.05, 0) is 61.5 Å². The summed E-state index contributed by atoms with van der Waals surface area (Å²) in [6.07, 6.45) is 0. The molecule has 0 fully saturated rings. The minimum Gasteiger partial charge on any atom is -0.504 e. The van der Waals surface area contributed by atoms with Gasteiger partial charge in [-0.25, -0.2) is 9.67 Å². The van der Waals surface area contributed by atoms with Crippen molar-refractivity contribution in [3.05, 3.63) is 90.0 Å². The molecule has 0 aliphatic carbocycles. The standard InChI is InChI=1S/C32H26ClN3O4/c1-4-40-26-16-20(12-15-25(26)37)30-24-18-28(39-3)27(38-2)17-23(24)29-31(19-10-13-21(33)14-11-19)35-36(32(29)34-30)22-8-6-5-7-9-22/h5-18,37H,4H2,1-3H3. The fourth-order valence-electron chi connectivity index (χ4n) is 4.92. The van der Waals surface area contributed by atoms with Crippen LogP contribution >= 0.6 is 11.6 Å². The lowest BCUT2D eigenvalue weighted by molar-refractivity contribution is 0.318. The number of hydrogen-bond donors (Lipinski definition) is 1. The molecular weight excluding hydrogens is 526 g/mol. The average molecular weight is 552 g/mol. The number of pyridine rings is 1. The van der Waals surface area contributed by atoms with Crippen molar-refractivity contribution in [1.82, 2.24) is 14.8 Å². The lowest BCUT2D eigenvalue weighted by Gasteiger charge is -2.15. The smallest absolute Gasteiger partial charge is 0.164 e. The molecule has 0 amide bonds. The summed E-state index contributed by atoms with van der Waals surface area (Å²) in [6.45, 7) is 2.29. The van der Waals surface area contributed by atoms with Crippen molar-refractivity contribution in [2.45, 2.75) is 6.92 Å². The summed E-state index contributed by atoms with van der Waals surface area (Å²) in [5.41, 5.74) is 4.65. The molecule has 0 spiro atoms. The number of nitrogens with zero attached hydrogens (tertiary/aromatic N) is 3. The fourth-order valence-corrected chi connectivity index (χ4v) is 5.05. The molecule has 2 heterocycles. The lowest BCUT2D eigenvalue weighted by Crippen LogP contribution is -1.99. The number of phenolic OH excluding ortho intramolecular Hbond substituents is 1. The first kappa shape index (κ1) is 25.5. The summed E-state index contributed by atoms with van der Waals surface area (Å²) in [4.78, 5) is 5.22. The van der Waals surface area contributed by atoms with E-state index in [9.17, 15) is 5.11 Å². The molecule has 6 rings (SSSR count). The number of aromatic hydroxyl groups is 1. The minimum absolute atomic E-state index is 0.0644. The number of benzene rings is 4. The van der Waals surface area contributed by atoms with Gasteiger partial charge in [-0.2, -0.15) is 5.10 Å². The van der Waals surface area contributed by atoms with E-state index >= 15 is 0 Å². The molecule has 4 aromatic carbocycles. The topological polar surface area (TPSA) is 78.6 Å². The Morgan fingerprint density at radius 3 is 2.12 bits per heavy atom. The minimum atomic E-state index is 0.0644. The van der Waals surface area contributed by atoms with E-state index in [2.05, 4.69) is 0 Å². The van der Waals surface area contributed by atoms with Gasteiger partial charge in [-0.3, -0.25) is 0 Å². The Kier molecular flexibility index (Phi) is 6.66. The predicted octanol–water partition coefficient (Wildman–Crippen LogP) is 7.68. The van der Waals surface area contributed by atoms with Crippen LogP contribution in [0, 0.1) is 0 Å². The lowest BCUT2D eigenvalue weighted by atomic mass is 9.98. The maximum absolute atomic E-state index is 10.4. The van der Waals surface area contributed by atoms with Crippen LogP contribution in [0.15, 0.2) is 84.9 Å². The van der Waals surface area contributed by atoms with Crippen LogP contribution < -0.4 is 14.2 Å². The molecular formula is C32H26ClN3O4. The molecule has 0 radical (unpaired) electrons. The van der Waals surface area contributed by atoms with Crippen molar-refractivity contribution in [3.8, 4) is 51.2 Å². The largest absolute Gasteiger partial charge is 0.504 e. The molecule has 200 valence electrons. The Bertz CT molecular complexity index is 1850. The van der Waals surface area contributed by atoms with E-state index in [1.54, 1.807) is 26.4 Å². The van der Waals surface area contributed by atoms with Crippen LogP contribution in [0.2, 0.25) is 5.02 Å². The third-order valence-electron chi connectivity index (χ3n) is 6.78. The van der Waals surface area contributed by atoms with E-state index in [1.165, 1.54) is 0 Å². The molecule has 0 atom stereocenters. The van der Waals surface area contributed by atoms with E-state index in [-0.39, 0.29) is 5.75 Å². The SMILES string of the molecule is CCOc1cc(-c2nc3c(c(-c4ccc(Cl)cc4)nn3-c3ccccc3)c3cc(OC)c(OC)cc23)ccc1O. The van der Waals surface area contributed by atoms with Gasteiger partial charge in [0.1, 0.15) is 5.69 Å². The second kappa shape index (κ2) is 10.4. The van der Waals surface area contributed by atoms with Crippen LogP contribution in [0.3, 0.4) is 0 Å². The van der Waals surface area contributed by atoms with Gasteiger partial charge in [-0.1, -0.05) is 41.9 Å². The summed E-state index contributed by atoms with van der Waals surface area (Å²) >= 11 is 6.22. The Balaban J connectivity index is 1.78. The molecule has 0 aliphatic rings. The summed E-state index contributed by atoms with van der Waals surface area (Å²) < 4.78 is 18.9. The van der Waals surface area contributed by atoms with Crippen LogP contribution in [0.4, 0.5) is 0 Å². The Hall–Kier alpha value is -4.75. The first-order chi connectivity index (χ1) is 19.5. The van der Waals surface area contributed by atoms with Crippen molar-refractivity contribution < 1.29 is 19.3 Å². The van der Waals surface area contributed by atoms with Crippen molar-refractivity contribution >= 4 is 33.4 Å². The second-order valence-electron chi connectivity index (χ2n) is 9.13. The third-order valence-corrected chi connectivity index (χ3v) is 7.03.